The predicted octanol–water partition coefficient (Wildman–Crippen LogP) is 19.0. The van der Waals surface area contributed by atoms with E-state index in [0.717, 1.165) is 38.5 Å². The van der Waals surface area contributed by atoms with Crippen LogP contribution in [0.4, 0.5) is 0 Å². The second kappa shape index (κ2) is 57.9. The highest BCUT2D eigenvalue weighted by Crippen LogP contribution is 2.17. The van der Waals surface area contributed by atoms with Crippen molar-refractivity contribution in [1.82, 2.24) is 5.32 Å². The van der Waals surface area contributed by atoms with Gasteiger partial charge in [-0.3, -0.25) is 9.59 Å². The van der Waals surface area contributed by atoms with E-state index < -0.39 is 12.1 Å². The average molecular weight is 959 g/mol. The van der Waals surface area contributed by atoms with Crippen LogP contribution >= 0.6 is 0 Å². The standard InChI is InChI=1S/C62H119NO5/c1-3-5-7-9-11-13-35-40-44-48-52-56-62(67)68-57-53-49-45-41-37-34-32-30-28-26-24-22-20-18-16-15-17-19-21-23-25-27-29-31-33-36-39-43-47-51-55-61(66)63-59(58-64)60(65)54-50-46-42-38-14-12-10-8-6-4-2/h16,18,50,54,59-60,64-65H,3-15,17,19-49,51-53,55-58H2,1-2H3,(H,63,66)/b18-16-,54-50+. The third kappa shape index (κ3) is 53.7. The maximum atomic E-state index is 12.4. The molecule has 0 spiro atoms. The molecule has 1 amide bonds. The van der Waals surface area contributed by atoms with Crippen LogP contribution in [-0.4, -0.2) is 47.4 Å². The summed E-state index contributed by atoms with van der Waals surface area (Å²) in [6.07, 6.45) is 70.9. The van der Waals surface area contributed by atoms with Crippen molar-refractivity contribution in [3.63, 3.8) is 0 Å². The van der Waals surface area contributed by atoms with Gasteiger partial charge in [0.05, 0.1) is 25.4 Å². The third-order valence-corrected chi connectivity index (χ3v) is 14.2. The number of carbonyl (C=O) groups is 2. The zero-order valence-corrected chi connectivity index (χ0v) is 45.9. The minimum absolute atomic E-state index is 0.0165. The van der Waals surface area contributed by atoms with Gasteiger partial charge in [-0.25, -0.2) is 0 Å². The van der Waals surface area contributed by atoms with Crippen molar-refractivity contribution in [2.45, 2.75) is 347 Å². The van der Waals surface area contributed by atoms with Crippen LogP contribution in [0.3, 0.4) is 0 Å². The first-order valence-corrected chi connectivity index (χ1v) is 30.6. The largest absolute Gasteiger partial charge is 0.466 e. The molecular weight excluding hydrogens is 839 g/mol. The Hall–Kier alpha value is -1.66. The summed E-state index contributed by atoms with van der Waals surface area (Å²) in [7, 11) is 0. The Morgan fingerprint density at radius 1 is 0.397 bits per heavy atom. The van der Waals surface area contributed by atoms with Gasteiger partial charge in [0, 0.05) is 12.8 Å². The average Bonchev–Trinajstić information content (AvgIpc) is 3.34. The van der Waals surface area contributed by atoms with Gasteiger partial charge in [0.1, 0.15) is 0 Å². The fourth-order valence-electron chi connectivity index (χ4n) is 9.51. The second-order valence-corrected chi connectivity index (χ2v) is 21.0. The Bertz CT molecular complexity index is 1060. The number of carbonyl (C=O) groups excluding carboxylic acids is 2. The van der Waals surface area contributed by atoms with E-state index in [1.54, 1.807) is 6.08 Å². The highest BCUT2D eigenvalue weighted by Gasteiger charge is 2.18. The number of rotatable bonds is 57. The van der Waals surface area contributed by atoms with E-state index in [9.17, 15) is 19.8 Å². The van der Waals surface area contributed by atoms with Crippen molar-refractivity contribution in [2.24, 2.45) is 0 Å². The second-order valence-electron chi connectivity index (χ2n) is 21.0. The summed E-state index contributed by atoms with van der Waals surface area (Å²) >= 11 is 0. The van der Waals surface area contributed by atoms with Gasteiger partial charge < -0.3 is 20.3 Å². The topological polar surface area (TPSA) is 95.9 Å². The van der Waals surface area contributed by atoms with Crippen LogP contribution in [-0.2, 0) is 14.3 Å². The number of hydrogen-bond donors (Lipinski definition) is 3. The lowest BCUT2D eigenvalue weighted by atomic mass is 10.0. The van der Waals surface area contributed by atoms with E-state index >= 15 is 0 Å². The van der Waals surface area contributed by atoms with Crippen molar-refractivity contribution < 1.29 is 24.5 Å². The molecule has 0 aromatic heterocycles. The Morgan fingerprint density at radius 2 is 0.691 bits per heavy atom. The first-order valence-electron chi connectivity index (χ1n) is 30.6. The van der Waals surface area contributed by atoms with Crippen LogP contribution in [0.5, 0.6) is 0 Å². The number of ether oxygens (including phenoxy) is 1. The number of hydrogen-bond acceptors (Lipinski definition) is 5. The first-order chi connectivity index (χ1) is 33.5. The van der Waals surface area contributed by atoms with Crippen LogP contribution in [0.15, 0.2) is 24.3 Å². The molecule has 0 saturated heterocycles. The molecule has 6 heteroatoms. The van der Waals surface area contributed by atoms with Crippen molar-refractivity contribution in [3.8, 4) is 0 Å². The normalized spacial score (nSPS) is 12.7. The molecule has 0 heterocycles. The third-order valence-electron chi connectivity index (χ3n) is 14.2. The number of allylic oxidation sites excluding steroid dienone is 3. The highest BCUT2D eigenvalue weighted by atomic mass is 16.5. The smallest absolute Gasteiger partial charge is 0.305 e. The van der Waals surface area contributed by atoms with Gasteiger partial charge in [-0.05, 0) is 57.8 Å². The van der Waals surface area contributed by atoms with Crippen molar-refractivity contribution in [1.29, 1.82) is 0 Å². The molecule has 2 atom stereocenters. The van der Waals surface area contributed by atoms with E-state index in [2.05, 4.69) is 31.3 Å². The van der Waals surface area contributed by atoms with Crippen LogP contribution in [0.25, 0.3) is 0 Å². The maximum Gasteiger partial charge on any atom is 0.305 e. The molecule has 0 radical (unpaired) electrons. The van der Waals surface area contributed by atoms with Gasteiger partial charge in [-0.15, -0.1) is 0 Å². The first kappa shape index (κ1) is 66.3. The molecule has 0 aromatic carbocycles. The molecule has 0 aliphatic heterocycles. The molecule has 3 N–H and O–H groups in total. The number of aliphatic hydroxyl groups excluding tert-OH is 2. The molecule has 0 fully saturated rings. The zero-order valence-electron chi connectivity index (χ0n) is 45.9. The Kier molecular flexibility index (Phi) is 56.5. The Balaban J connectivity index is 3.35. The molecule has 0 rings (SSSR count). The zero-order chi connectivity index (χ0) is 49.3. The summed E-state index contributed by atoms with van der Waals surface area (Å²) in [5.41, 5.74) is 0. The van der Waals surface area contributed by atoms with E-state index in [1.807, 2.05) is 6.08 Å². The number of esters is 1. The van der Waals surface area contributed by atoms with Crippen molar-refractivity contribution in [3.05, 3.63) is 24.3 Å². The molecular formula is C62H119NO5. The quantitative estimate of drug-likeness (QED) is 0.0321. The summed E-state index contributed by atoms with van der Waals surface area (Å²) in [5, 5.41) is 23.0. The lowest BCUT2D eigenvalue weighted by molar-refractivity contribution is -0.143. The van der Waals surface area contributed by atoms with Crippen molar-refractivity contribution >= 4 is 11.9 Å². The summed E-state index contributed by atoms with van der Waals surface area (Å²) in [4.78, 5) is 24.4. The molecule has 0 aliphatic rings. The van der Waals surface area contributed by atoms with Crippen LogP contribution in [0, 0.1) is 0 Å². The van der Waals surface area contributed by atoms with E-state index in [1.165, 1.54) is 270 Å². The van der Waals surface area contributed by atoms with Crippen LogP contribution < -0.4 is 5.32 Å². The van der Waals surface area contributed by atoms with Crippen LogP contribution in [0.1, 0.15) is 335 Å². The van der Waals surface area contributed by atoms with Gasteiger partial charge in [0.25, 0.3) is 0 Å². The summed E-state index contributed by atoms with van der Waals surface area (Å²) in [6.45, 7) is 4.89. The summed E-state index contributed by atoms with van der Waals surface area (Å²) < 4.78 is 5.47. The maximum absolute atomic E-state index is 12.4. The predicted molar refractivity (Wildman–Crippen MR) is 296 cm³/mol. The molecule has 68 heavy (non-hydrogen) atoms. The van der Waals surface area contributed by atoms with Crippen LogP contribution in [0.2, 0.25) is 0 Å². The minimum atomic E-state index is -0.841. The molecule has 6 nitrogen and oxygen atoms in total. The van der Waals surface area contributed by atoms with Gasteiger partial charge >= 0.3 is 5.97 Å². The van der Waals surface area contributed by atoms with E-state index in [-0.39, 0.29) is 18.5 Å². The van der Waals surface area contributed by atoms with E-state index in [4.69, 9.17) is 4.74 Å². The fraction of sp³-hybridized carbons (Fsp3) is 0.903. The molecule has 0 aliphatic carbocycles. The lowest BCUT2D eigenvalue weighted by Gasteiger charge is -2.20. The van der Waals surface area contributed by atoms with Gasteiger partial charge in [0.15, 0.2) is 0 Å². The van der Waals surface area contributed by atoms with E-state index in [0.29, 0.717) is 19.4 Å². The minimum Gasteiger partial charge on any atom is -0.466 e. The number of amides is 1. The van der Waals surface area contributed by atoms with Gasteiger partial charge in [-0.2, -0.15) is 0 Å². The highest BCUT2D eigenvalue weighted by molar-refractivity contribution is 5.76. The molecule has 0 aromatic rings. The van der Waals surface area contributed by atoms with Gasteiger partial charge in [-0.1, -0.05) is 289 Å². The Labute approximate surface area is 424 Å². The molecule has 0 bridgehead atoms. The van der Waals surface area contributed by atoms with Crippen molar-refractivity contribution in [2.75, 3.05) is 13.2 Å². The number of nitrogens with one attached hydrogen (secondary N) is 1. The number of aliphatic hydroxyl groups is 2. The summed E-state index contributed by atoms with van der Waals surface area (Å²) in [5.74, 6) is -0.0510. The molecule has 2 unspecified atom stereocenters. The summed E-state index contributed by atoms with van der Waals surface area (Å²) in [6, 6.07) is -0.624. The number of unbranched alkanes of at least 4 members (excludes halogenated alkanes) is 44. The Morgan fingerprint density at radius 3 is 1.04 bits per heavy atom. The molecule has 0 saturated carbocycles. The lowest BCUT2D eigenvalue weighted by Crippen LogP contribution is -2.45. The SMILES string of the molecule is CCCCCCCCCC/C=C/C(O)C(CO)NC(=O)CCCCCCCCCCCCCCCC/C=C\CCCCCCCCCCCCCCOC(=O)CCCCCCCCCCCCC. The monoisotopic (exact) mass is 958 g/mol. The van der Waals surface area contributed by atoms with Gasteiger partial charge in [0.2, 0.25) is 5.91 Å². The fourth-order valence-corrected chi connectivity index (χ4v) is 9.51. The molecule has 402 valence electrons.